The molecule has 0 aliphatic carbocycles. The molecule has 0 N–H and O–H groups in total. The van der Waals surface area contributed by atoms with Crippen LogP contribution in [0.15, 0.2) is 35.4 Å². The summed E-state index contributed by atoms with van der Waals surface area (Å²) in [6.07, 6.45) is 0. The van der Waals surface area contributed by atoms with Crippen LogP contribution < -0.4 is 4.74 Å². The van der Waals surface area contributed by atoms with Crippen LogP contribution in [0.25, 0.3) is 0 Å². The van der Waals surface area contributed by atoms with Crippen molar-refractivity contribution in [1.82, 2.24) is 0 Å². The molecule has 0 amide bonds. The summed E-state index contributed by atoms with van der Waals surface area (Å²) in [4.78, 5) is 0.803. The molecule has 0 aliphatic rings. The highest BCUT2D eigenvalue weighted by atomic mass is 35.5. The third-order valence-electron chi connectivity index (χ3n) is 2.50. The van der Waals surface area contributed by atoms with E-state index in [0.29, 0.717) is 11.5 Å². The molecule has 0 heterocycles. The van der Waals surface area contributed by atoms with E-state index in [-0.39, 0.29) is 10.6 Å². The monoisotopic (exact) mass is 286 g/mol. The normalized spacial score (nSPS) is 14.3. The van der Waals surface area contributed by atoms with Crippen molar-refractivity contribution in [3.8, 4) is 5.75 Å². The van der Waals surface area contributed by atoms with Gasteiger partial charge in [0.1, 0.15) is 11.5 Å². The summed E-state index contributed by atoms with van der Waals surface area (Å²) in [5.74, 6) is 1.11. The Morgan fingerprint density at radius 3 is 2.50 bits per heavy atom. The number of rotatable bonds is 5. The van der Waals surface area contributed by atoms with Crippen LogP contribution in [0.1, 0.15) is 26.3 Å². The lowest BCUT2D eigenvalue weighted by Gasteiger charge is -2.14. The molecule has 4 heteroatoms. The minimum Gasteiger partial charge on any atom is -0.461 e. The van der Waals surface area contributed by atoms with Crippen LogP contribution in [-0.2, 0) is 10.8 Å². The predicted octanol–water partition coefficient (Wildman–Crippen LogP) is 4.03. The van der Waals surface area contributed by atoms with E-state index in [1.807, 2.05) is 32.9 Å². The van der Waals surface area contributed by atoms with Crippen LogP contribution >= 0.6 is 11.6 Å². The van der Waals surface area contributed by atoms with Gasteiger partial charge in [0.25, 0.3) is 0 Å². The fraction of sp³-hybridized carbons (Fsp3) is 0.429. The number of halogens is 1. The summed E-state index contributed by atoms with van der Waals surface area (Å²) < 4.78 is 17.7. The standard InChI is InChI=1S/C14H19ClO2S/c1-9(2)18(16)14-8-13(7-6-10(14)3)17-12(5)11(4)15/h6-9,11H,5H2,1-4H3. The van der Waals surface area contributed by atoms with Crippen molar-refractivity contribution >= 4 is 22.4 Å². The van der Waals surface area contributed by atoms with E-state index in [1.165, 1.54) is 0 Å². The Balaban J connectivity index is 3.01. The summed E-state index contributed by atoms with van der Waals surface area (Å²) in [7, 11) is -1.03. The molecule has 0 radical (unpaired) electrons. The highest BCUT2D eigenvalue weighted by molar-refractivity contribution is 7.85. The largest absolute Gasteiger partial charge is 0.461 e. The molecule has 0 saturated heterocycles. The lowest BCUT2D eigenvalue weighted by molar-refractivity contribution is 0.413. The van der Waals surface area contributed by atoms with Crippen molar-refractivity contribution in [3.63, 3.8) is 0 Å². The molecule has 2 atom stereocenters. The molecule has 0 aliphatic heterocycles. The zero-order valence-electron chi connectivity index (χ0n) is 11.2. The van der Waals surface area contributed by atoms with Crippen molar-refractivity contribution < 1.29 is 8.95 Å². The predicted molar refractivity (Wildman–Crippen MR) is 77.8 cm³/mol. The second-order valence-electron chi connectivity index (χ2n) is 4.46. The molecular weight excluding hydrogens is 268 g/mol. The van der Waals surface area contributed by atoms with Gasteiger partial charge in [-0.15, -0.1) is 11.6 Å². The van der Waals surface area contributed by atoms with Crippen molar-refractivity contribution in [2.75, 3.05) is 0 Å². The lowest BCUT2D eigenvalue weighted by Crippen LogP contribution is -2.08. The lowest BCUT2D eigenvalue weighted by atomic mass is 10.2. The quantitative estimate of drug-likeness (QED) is 0.603. The fourth-order valence-corrected chi connectivity index (χ4v) is 2.52. The maximum atomic E-state index is 12.1. The maximum absolute atomic E-state index is 12.1. The molecular formula is C14H19ClO2S. The maximum Gasteiger partial charge on any atom is 0.128 e. The van der Waals surface area contributed by atoms with Crippen LogP contribution in [0.4, 0.5) is 0 Å². The summed E-state index contributed by atoms with van der Waals surface area (Å²) >= 11 is 5.88. The first-order valence-electron chi connectivity index (χ1n) is 5.85. The Labute approximate surface area is 116 Å². The molecule has 0 spiro atoms. The van der Waals surface area contributed by atoms with Gasteiger partial charge in [0.15, 0.2) is 0 Å². The topological polar surface area (TPSA) is 26.3 Å². The van der Waals surface area contributed by atoms with Crippen LogP contribution in [0, 0.1) is 6.92 Å². The van der Waals surface area contributed by atoms with Gasteiger partial charge in [-0.2, -0.15) is 0 Å². The van der Waals surface area contributed by atoms with Gasteiger partial charge in [-0.1, -0.05) is 26.5 Å². The van der Waals surface area contributed by atoms with E-state index in [0.717, 1.165) is 10.5 Å². The number of ether oxygens (including phenoxy) is 1. The average molecular weight is 287 g/mol. The highest BCUT2D eigenvalue weighted by Crippen LogP contribution is 2.24. The number of hydrogen-bond donors (Lipinski definition) is 0. The van der Waals surface area contributed by atoms with Crippen molar-refractivity contribution in [1.29, 1.82) is 0 Å². The van der Waals surface area contributed by atoms with Gasteiger partial charge in [0.05, 0.1) is 16.2 Å². The third-order valence-corrected chi connectivity index (χ3v) is 4.47. The summed E-state index contributed by atoms with van der Waals surface area (Å²) in [5, 5.41) is -0.181. The molecule has 0 aromatic heterocycles. The van der Waals surface area contributed by atoms with Crippen LogP contribution in [0.3, 0.4) is 0 Å². The van der Waals surface area contributed by atoms with Gasteiger partial charge in [0, 0.05) is 10.1 Å². The van der Waals surface area contributed by atoms with Gasteiger partial charge < -0.3 is 4.74 Å². The molecule has 1 aromatic rings. The van der Waals surface area contributed by atoms with E-state index in [4.69, 9.17) is 16.3 Å². The number of hydrogen-bond acceptors (Lipinski definition) is 2. The fourth-order valence-electron chi connectivity index (χ4n) is 1.35. The van der Waals surface area contributed by atoms with Crippen molar-refractivity contribution in [3.05, 3.63) is 36.1 Å². The number of alkyl halides is 1. The molecule has 100 valence electrons. The Hall–Kier alpha value is -0.800. The van der Waals surface area contributed by atoms with Crippen LogP contribution in [0.2, 0.25) is 0 Å². The van der Waals surface area contributed by atoms with Gasteiger partial charge in [0.2, 0.25) is 0 Å². The zero-order valence-corrected chi connectivity index (χ0v) is 12.8. The first-order valence-corrected chi connectivity index (χ1v) is 7.49. The first kappa shape index (κ1) is 15.3. The summed E-state index contributed by atoms with van der Waals surface area (Å²) in [6.45, 7) is 11.4. The summed E-state index contributed by atoms with van der Waals surface area (Å²) in [6, 6.07) is 5.54. The molecule has 2 unspecified atom stereocenters. The van der Waals surface area contributed by atoms with Gasteiger partial charge in [-0.3, -0.25) is 4.21 Å². The summed E-state index contributed by atoms with van der Waals surface area (Å²) in [5.41, 5.74) is 0.999. The van der Waals surface area contributed by atoms with Crippen molar-refractivity contribution in [2.24, 2.45) is 0 Å². The van der Waals surface area contributed by atoms with E-state index < -0.39 is 10.8 Å². The van der Waals surface area contributed by atoms with Crippen molar-refractivity contribution in [2.45, 2.75) is 43.2 Å². The van der Waals surface area contributed by atoms with E-state index in [2.05, 4.69) is 6.58 Å². The SMILES string of the molecule is C=C(Oc1ccc(C)c(S(=O)C(C)C)c1)C(C)Cl. The molecule has 0 fully saturated rings. The Bertz CT molecular complexity index is 467. The molecule has 2 nitrogen and oxygen atoms in total. The van der Waals surface area contributed by atoms with Gasteiger partial charge in [-0.25, -0.2) is 0 Å². The molecule has 18 heavy (non-hydrogen) atoms. The van der Waals surface area contributed by atoms with Gasteiger partial charge >= 0.3 is 0 Å². The minimum atomic E-state index is -1.03. The number of benzene rings is 1. The van der Waals surface area contributed by atoms with Crippen LogP contribution in [0.5, 0.6) is 5.75 Å². The highest BCUT2D eigenvalue weighted by Gasteiger charge is 2.13. The zero-order chi connectivity index (χ0) is 13.9. The van der Waals surface area contributed by atoms with Crippen LogP contribution in [-0.4, -0.2) is 14.8 Å². The number of aryl methyl sites for hydroxylation is 1. The average Bonchev–Trinajstić information content (AvgIpc) is 2.30. The Kier molecular flexibility index (Phi) is 5.42. The Morgan fingerprint density at radius 1 is 1.39 bits per heavy atom. The van der Waals surface area contributed by atoms with E-state index in [9.17, 15) is 4.21 Å². The second kappa shape index (κ2) is 6.39. The van der Waals surface area contributed by atoms with Gasteiger partial charge in [-0.05, 0) is 31.5 Å². The van der Waals surface area contributed by atoms with E-state index >= 15 is 0 Å². The first-order chi connectivity index (χ1) is 8.32. The second-order valence-corrected chi connectivity index (χ2v) is 7.09. The molecule has 1 aromatic carbocycles. The third kappa shape index (κ3) is 3.85. The smallest absolute Gasteiger partial charge is 0.128 e. The minimum absolute atomic E-state index is 0.0779. The number of allylic oxidation sites excluding steroid dienone is 1. The molecule has 0 bridgehead atoms. The Morgan fingerprint density at radius 2 is 2.00 bits per heavy atom. The molecule has 1 rings (SSSR count). The van der Waals surface area contributed by atoms with E-state index in [1.54, 1.807) is 13.0 Å². The molecule has 0 saturated carbocycles.